The molecule has 1 heterocycles. The van der Waals surface area contributed by atoms with Gasteiger partial charge >= 0.3 is 6.03 Å². The molecule has 1 aromatic rings. The van der Waals surface area contributed by atoms with Gasteiger partial charge < -0.3 is 15.3 Å². The molecule has 2 N–H and O–H groups in total. The third-order valence-corrected chi connectivity index (χ3v) is 4.29. The number of benzene rings is 1. The van der Waals surface area contributed by atoms with Gasteiger partial charge in [-0.05, 0) is 42.9 Å². The Kier molecular flexibility index (Phi) is 5.88. The van der Waals surface area contributed by atoms with Crippen molar-refractivity contribution in [2.24, 2.45) is 5.92 Å². The predicted molar refractivity (Wildman–Crippen MR) is 84.4 cm³/mol. The summed E-state index contributed by atoms with van der Waals surface area (Å²) in [7, 11) is 0. The molecule has 1 aliphatic heterocycles. The number of likely N-dealkylation sites (tertiary alicyclic amines) is 1. The summed E-state index contributed by atoms with van der Waals surface area (Å²) in [5.41, 5.74) is 1.06. The predicted octanol–water partition coefficient (Wildman–Crippen LogP) is 3.21. The number of amides is 2. The first-order valence-electron chi connectivity index (χ1n) is 7.55. The number of halogens is 1. The Morgan fingerprint density at radius 2 is 2.19 bits per heavy atom. The van der Waals surface area contributed by atoms with Crippen LogP contribution in [-0.2, 0) is 0 Å². The summed E-state index contributed by atoms with van der Waals surface area (Å²) in [6.45, 7) is 3.60. The molecular weight excluding hydrogens is 288 g/mol. The van der Waals surface area contributed by atoms with Gasteiger partial charge in [0.15, 0.2) is 0 Å². The molecule has 0 saturated carbocycles. The molecule has 5 heteroatoms. The third kappa shape index (κ3) is 4.35. The Labute approximate surface area is 131 Å². The van der Waals surface area contributed by atoms with E-state index in [0.29, 0.717) is 11.6 Å². The number of carbonyl (C=O) groups excluding carboxylic acids is 1. The van der Waals surface area contributed by atoms with Crippen molar-refractivity contribution in [1.82, 2.24) is 10.2 Å². The number of hydrogen-bond acceptors (Lipinski definition) is 2. The van der Waals surface area contributed by atoms with E-state index in [1.54, 1.807) is 0 Å². The molecule has 2 atom stereocenters. The molecule has 116 valence electrons. The summed E-state index contributed by atoms with van der Waals surface area (Å²) >= 11 is 5.90. The van der Waals surface area contributed by atoms with Gasteiger partial charge in [0, 0.05) is 24.7 Å². The zero-order chi connectivity index (χ0) is 15.2. The molecule has 2 unspecified atom stereocenters. The Bertz CT molecular complexity index is 464. The standard InChI is InChI=1S/C16H23ClN2O2/c1-2-15(13-5-7-14(17)8-6-13)18-16(21)19-9-3-4-12(10-19)11-20/h5-8,12,15,20H,2-4,9-11H2,1H3,(H,18,21). The van der Waals surface area contributed by atoms with Gasteiger partial charge in [0.05, 0.1) is 6.04 Å². The first-order chi connectivity index (χ1) is 10.1. The number of rotatable bonds is 4. The summed E-state index contributed by atoms with van der Waals surface area (Å²) in [5, 5.41) is 13.0. The molecule has 0 aliphatic carbocycles. The maximum Gasteiger partial charge on any atom is 0.317 e. The molecule has 21 heavy (non-hydrogen) atoms. The van der Waals surface area contributed by atoms with Gasteiger partial charge in [-0.3, -0.25) is 0 Å². The molecule has 4 nitrogen and oxygen atoms in total. The van der Waals surface area contributed by atoms with Crippen LogP contribution in [-0.4, -0.2) is 35.7 Å². The van der Waals surface area contributed by atoms with Gasteiger partial charge in [0.25, 0.3) is 0 Å². The average molecular weight is 311 g/mol. The van der Waals surface area contributed by atoms with E-state index in [0.717, 1.165) is 31.4 Å². The van der Waals surface area contributed by atoms with Crippen LogP contribution < -0.4 is 5.32 Å². The van der Waals surface area contributed by atoms with Crippen LogP contribution in [0.1, 0.15) is 37.8 Å². The minimum Gasteiger partial charge on any atom is -0.396 e. The number of nitrogens with zero attached hydrogens (tertiary/aromatic N) is 1. The summed E-state index contributed by atoms with van der Waals surface area (Å²) in [6.07, 6.45) is 2.77. The van der Waals surface area contributed by atoms with Gasteiger partial charge in [-0.15, -0.1) is 0 Å². The minimum atomic E-state index is -0.0463. The fourth-order valence-corrected chi connectivity index (χ4v) is 2.88. The van der Waals surface area contributed by atoms with Gasteiger partial charge in [-0.2, -0.15) is 0 Å². The van der Waals surface area contributed by atoms with Crippen molar-refractivity contribution in [3.8, 4) is 0 Å². The quantitative estimate of drug-likeness (QED) is 0.897. The lowest BCUT2D eigenvalue weighted by Crippen LogP contribution is -2.47. The molecule has 1 aliphatic rings. The van der Waals surface area contributed by atoms with E-state index in [2.05, 4.69) is 5.32 Å². The molecule has 1 saturated heterocycles. The SMILES string of the molecule is CCC(NC(=O)N1CCCC(CO)C1)c1ccc(Cl)cc1. The number of piperidine rings is 1. The fourth-order valence-electron chi connectivity index (χ4n) is 2.76. The molecule has 1 aromatic carbocycles. The van der Waals surface area contributed by atoms with E-state index in [4.69, 9.17) is 11.6 Å². The molecule has 0 bridgehead atoms. The molecule has 0 radical (unpaired) electrons. The zero-order valence-electron chi connectivity index (χ0n) is 12.4. The Hall–Kier alpha value is -1.26. The summed E-state index contributed by atoms with van der Waals surface area (Å²) < 4.78 is 0. The second kappa shape index (κ2) is 7.66. The molecule has 0 spiro atoms. The lowest BCUT2D eigenvalue weighted by atomic mass is 9.99. The van der Waals surface area contributed by atoms with Crippen LogP contribution in [0, 0.1) is 5.92 Å². The number of urea groups is 1. The molecule has 2 rings (SSSR count). The summed E-state index contributed by atoms with van der Waals surface area (Å²) in [4.78, 5) is 14.2. The first kappa shape index (κ1) is 16.1. The van der Waals surface area contributed by atoms with Crippen LogP contribution in [0.15, 0.2) is 24.3 Å². The maximum absolute atomic E-state index is 12.4. The van der Waals surface area contributed by atoms with Gasteiger partial charge in [0.1, 0.15) is 0 Å². The van der Waals surface area contributed by atoms with Crippen LogP contribution >= 0.6 is 11.6 Å². The van der Waals surface area contributed by atoms with E-state index in [1.165, 1.54) is 0 Å². The number of carbonyl (C=O) groups is 1. The van der Waals surface area contributed by atoms with Crippen molar-refractivity contribution in [2.45, 2.75) is 32.2 Å². The van der Waals surface area contributed by atoms with E-state index in [1.807, 2.05) is 36.1 Å². The van der Waals surface area contributed by atoms with Crippen molar-refractivity contribution in [1.29, 1.82) is 0 Å². The smallest absolute Gasteiger partial charge is 0.317 e. The van der Waals surface area contributed by atoms with Crippen LogP contribution in [0.3, 0.4) is 0 Å². The van der Waals surface area contributed by atoms with E-state index in [9.17, 15) is 9.90 Å². The Morgan fingerprint density at radius 1 is 1.48 bits per heavy atom. The minimum absolute atomic E-state index is 0.00994. The molecule has 2 amide bonds. The second-order valence-corrected chi connectivity index (χ2v) is 6.04. The molecule has 1 fully saturated rings. The highest BCUT2D eigenvalue weighted by Gasteiger charge is 2.24. The van der Waals surface area contributed by atoms with E-state index < -0.39 is 0 Å². The lowest BCUT2D eigenvalue weighted by Gasteiger charge is -2.33. The third-order valence-electron chi connectivity index (χ3n) is 4.04. The summed E-state index contributed by atoms with van der Waals surface area (Å²) in [5.74, 6) is 0.208. The highest BCUT2D eigenvalue weighted by atomic mass is 35.5. The second-order valence-electron chi connectivity index (χ2n) is 5.60. The number of nitrogens with one attached hydrogen (secondary N) is 1. The van der Waals surface area contributed by atoms with Crippen molar-refractivity contribution >= 4 is 17.6 Å². The van der Waals surface area contributed by atoms with Crippen molar-refractivity contribution < 1.29 is 9.90 Å². The highest BCUT2D eigenvalue weighted by molar-refractivity contribution is 6.30. The van der Waals surface area contributed by atoms with Crippen molar-refractivity contribution in [3.63, 3.8) is 0 Å². The monoisotopic (exact) mass is 310 g/mol. The average Bonchev–Trinajstić information content (AvgIpc) is 2.53. The maximum atomic E-state index is 12.4. The van der Waals surface area contributed by atoms with Crippen LogP contribution in [0.5, 0.6) is 0 Å². The van der Waals surface area contributed by atoms with Crippen molar-refractivity contribution in [3.05, 3.63) is 34.9 Å². The van der Waals surface area contributed by atoms with Crippen LogP contribution in [0.2, 0.25) is 5.02 Å². The normalized spacial score (nSPS) is 20.1. The fraction of sp³-hybridized carbons (Fsp3) is 0.562. The van der Waals surface area contributed by atoms with Crippen LogP contribution in [0.25, 0.3) is 0 Å². The first-order valence-corrected chi connectivity index (χ1v) is 7.93. The Morgan fingerprint density at radius 3 is 2.81 bits per heavy atom. The highest BCUT2D eigenvalue weighted by Crippen LogP contribution is 2.21. The summed E-state index contributed by atoms with van der Waals surface area (Å²) in [6, 6.07) is 7.52. The largest absolute Gasteiger partial charge is 0.396 e. The van der Waals surface area contributed by atoms with Crippen LogP contribution in [0.4, 0.5) is 4.79 Å². The number of aliphatic hydroxyl groups excluding tert-OH is 1. The molecule has 0 aromatic heterocycles. The lowest BCUT2D eigenvalue weighted by molar-refractivity contribution is 0.127. The zero-order valence-corrected chi connectivity index (χ0v) is 13.1. The number of hydrogen-bond donors (Lipinski definition) is 2. The number of aliphatic hydroxyl groups is 1. The Balaban J connectivity index is 1.97. The molecular formula is C16H23ClN2O2. The van der Waals surface area contributed by atoms with E-state index >= 15 is 0 Å². The van der Waals surface area contributed by atoms with Gasteiger partial charge in [0.2, 0.25) is 0 Å². The van der Waals surface area contributed by atoms with Gasteiger partial charge in [-0.1, -0.05) is 30.7 Å². The van der Waals surface area contributed by atoms with Gasteiger partial charge in [-0.25, -0.2) is 4.79 Å². The van der Waals surface area contributed by atoms with E-state index in [-0.39, 0.29) is 24.6 Å². The van der Waals surface area contributed by atoms with Crippen molar-refractivity contribution in [2.75, 3.05) is 19.7 Å². The topological polar surface area (TPSA) is 52.6 Å².